The highest BCUT2D eigenvalue weighted by atomic mass is 16.6. The van der Waals surface area contributed by atoms with Gasteiger partial charge >= 0.3 is 0 Å². The largest absolute Gasteiger partial charge is 0.356 e. The van der Waals surface area contributed by atoms with Crippen LogP contribution in [0.15, 0.2) is 42.6 Å². The number of nitro groups is 1. The van der Waals surface area contributed by atoms with Gasteiger partial charge in [0.2, 0.25) is 5.91 Å². The lowest BCUT2D eigenvalue weighted by molar-refractivity contribution is -0.385. The molecule has 2 amide bonds. The maximum atomic E-state index is 12.8. The fraction of sp³-hybridized carbons (Fsp3) is 0.381. The molecule has 0 spiro atoms. The molecule has 1 aromatic carbocycles. The van der Waals surface area contributed by atoms with Gasteiger partial charge in [-0.25, -0.2) is 9.88 Å². The molecule has 0 bridgehead atoms. The van der Waals surface area contributed by atoms with Crippen LogP contribution in [0.25, 0.3) is 0 Å². The Bertz CT molecular complexity index is 952. The molecule has 2 fully saturated rings. The number of aryl methyl sites for hydroxylation is 1. The van der Waals surface area contributed by atoms with E-state index in [1.165, 1.54) is 17.2 Å². The van der Waals surface area contributed by atoms with Crippen molar-refractivity contribution < 1.29 is 14.5 Å². The van der Waals surface area contributed by atoms with Gasteiger partial charge in [0, 0.05) is 25.2 Å². The van der Waals surface area contributed by atoms with Gasteiger partial charge < -0.3 is 10.2 Å². The highest BCUT2D eigenvalue weighted by Crippen LogP contribution is 2.25. The lowest BCUT2D eigenvalue weighted by Gasteiger charge is -2.34. The molecular formula is C21H23N5O4. The van der Waals surface area contributed by atoms with E-state index >= 15 is 0 Å². The number of amides is 2. The minimum atomic E-state index is -0.507. The van der Waals surface area contributed by atoms with Crippen LogP contribution in [0.5, 0.6) is 0 Å². The zero-order valence-corrected chi connectivity index (χ0v) is 16.7. The summed E-state index contributed by atoms with van der Waals surface area (Å²) in [6.07, 6.45) is 3.02. The molecule has 2 aromatic rings. The van der Waals surface area contributed by atoms with Crippen LogP contribution < -0.4 is 15.1 Å². The fourth-order valence-corrected chi connectivity index (χ4v) is 3.96. The summed E-state index contributed by atoms with van der Waals surface area (Å²) in [4.78, 5) is 43.1. The molecule has 2 aliphatic heterocycles. The maximum absolute atomic E-state index is 12.8. The van der Waals surface area contributed by atoms with Crippen molar-refractivity contribution in [2.24, 2.45) is 0 Å². The van der Waals surface area contributed by atoms with Gasteiger partial charge in [-0.15, -0.1) is 0 Å². The lowest BCUT2D eigenvalue weighted by atomic mass is 10.0. The number of rotatable bonds is 5. The van der Waals surface area contributed by atoms with E-state index in [1.54, 1.807) is 18.2 Å². The van der Waals surface area contributed by atoms with Crippen molar-refractivity contribution >= 4 is 29.0 Å². The average molecular weight is 409 g/mol. The van der Waals surface area contributed by atoms with Gasteiger partial charge in [-0.3, -0.25) is 19.7 Å². The zero-order valence-electron chi connectivity index (χ0n) is 16.7. The molecule has 0 saturated carbocycles. The molecule has 1 N–H and O–H groups in total. The second kappa shape index (κ2) is 8.19. The van der Waals surface area contributed by atoms with Gasteiger partial charge in [-0.05, 0) is 38.0 Å². The van der Waals surface area contributed by atoms with E-state index < -0.39 is 11.0 Å². The van der Waals surface area contributed by atoms with Crippen LogP contribution in [0.4, 0.5) is 17.2 Å². The number of pyridine rings is 1. The molecule has 0 radical (unpaired) electrons. The summed E-state index contributed by atoms with van der Waals surface area (Å²) in [6.45, 7) is 3.40. The topological polar surface area (TPSA) is 109 Å². The van der Waals surface area contributed by atoms with Gasteiger partial charge in [0.05, 0.1) is 23.1 Å². The molecular weight excluding hydrogens is 386 g/mol. The number of carbonyl (C=O) groups excluding carboxylic acids is 2. The average Bonchev–Trinajstić information content (AvgIpc) is 3.02. The number of piperidine rings is 1. The summed E-state index contributed by atoms with van der Waals surface area (Å²) in [5.74, 6) is 0.314. The quantitative estimate of drug-likeness (QED) is 0.458. The molecule has 0 unspecified atom stereocenters. The summed E-state index contributed by atoms with van der Waals surface area (Å²) in [6, 6.07) is 10.1. The first-order valence-electron chi connectivity index (χ1n) is 9.97. The van der Waals surface area contributed by atoms with E-state index in [2.05, 4.69) is 15.2 Å². The normalized spacial score (nSPS) is 20.1. The van der Waals surface area contributed by atoms with Crippen LogP contribution in [0.1, 0.15) is 24.8 Å². The first-order chi connectivity index (χ1) is 14.4. The van der Waals surface area contributed by atoms with Crippen LogP contribution in [0.2, 0.25) is 0 Å². The number of hydrogen-bond acceptors (Lipinski definition) is 7. The summed E-state index contributed by atoms with van der Waals surface area (Å²) in [7, 11) is 0. The Kier molecular flexibility index (Phi) is 5.45. The molecule has 4 rings (SSSR count). The third kappa shape index (κ3) is 4.02. The van der Waals surface area contributed by atoms with Gasteiger partial charge in [0.1, 0.15) is 12.0 Å². The first kappa shape index (κ1) is 20.0. The zero-order chi connectivity index (χ0) is 21.3. The smallest absolute Gasteiger partial charge is 0.287 e. The van der Waals surface area contributed by atoms with Crippen LogP contribution >= 0.6 is 0 Å². The number of imide groups is 1. The van der Waals surface area contributed by atoms with Crippen LogP contribution in [-0.2, 0) is 9.59 Å². The third-order valence-corrected chi connectivity index (χ3v) is 5.64. The van der Waals surface area contributed by atoms with Crippen LogP contribution in [0, 0.1) is 17.0 Å². The van der Waals surface area contributed by atoms with Crippen molar-refractivity contribution in [1.82, 2.24) is 10.3 Å². The van der Waals surface area contributed by atoms with Crippen molar-refractivity contribution in [3.8, 4) is 0 Å². The SMILES string of the molecule is Cc1ccc(N2C(=O)C[C@@H](NC3CCN(c4ccc([N+](=O)[O-])cn4)CC3)C2=O)cc1. The standard InChI is InChI=1S/C21H23N5O4/c1-14-2-4-16(5-3-14)25-20(27)12-18(21(25)28)23-15-8-10-24(11-9-15)19-7-6-17(13-22-19)26(29)30/h2-7,13,15,18,23H,8-12H2,1H3/t18-/m1/s1. The van der Waals surface area contributed by atoms with Gasteiger partial charge in [0.25, 0.3) is 11.6 Å². The molecule has 9 heteroatoms. The number of hydrogen-bond donors (Lipinski definition) is 1. The molecule has 1 aromatic heterocycles. The van der Waals surface area contributed by atoms with E-state index in [4.69, 9.17) is 0 Å². The third-order valence-electron chi connectivity index (χ3n) is 5.64. The predicted octanol–water partition coefficient (Wildman–Crippen LogP) is 2.19. The Morgan fingerprint density at radius 1 is 1.10 bits per heavy atom. The van der Waals surface area contributed by atoms with E-state index in [1.807, 2.05) is 19.1 Å². The van der Waals surface area contributed by atoms with E-state index in [9.17, 15) is 19.7 Å². The summed E-state index contributed by atoms with van der Waals surface area (Å²) >= 11 is 0. The number of nitrogens with zero attached hydrogens (tertiary/aromatic N) is 4. The number of carbonyl (C=O) groups is 2. The Morgan fingerprint density at radius 2 is 1.80 bits per heavy atom. The van der Waals surface area contributed by atoms with Crippen LogP contribution in [0.3, 0.4) is 0 Å². The van der Waals surface area contributed by atoms with Crippen LogP contribution in [-0.4, -0.2) is 46.9 Å². The van der Waals surface area contributed by atoms with Gasteiger partial charge in [-0.1, -0.05) is 17.7 Å². The molecule has 156 valence electrons. The van der Waals surface area contributed by atoms with Crippen molar-refractivity contribution in [1.29, 1.82) is 0 Å². The highest BCUT2D eigenvalue weighted by molar-refractivity contribution is 6.22. The van der Waals surface area contributed by atoms with Crippen molar-refractivity contribution in [3.05, 3.63) is 58.3 Å². The molecule has 30 heavy (non-hydrogen) atoms. The molecule has 2 aliphatic rings. The summed E-state index contributed by atoms with van der Waals surface area (Å²) < 4.78 is 0. The monoisotopic (exact) mass is 409 g/mol. The number of nitrogens with one attached hydrogen (secondary N) is 1. The maximum Gasteiger partial charge on any atom is 0.287 e. The molecule has 1 atom stereocenters. The second-order valence-corrected chi connectivity index (χ2v) is 7.72. The van der Waals surface area contributed by atoms with Gasteiger partial charge in [-0.2, -0.15) is 0 Å². The molecule has 2 saturated heterocycles. The highest BCUT2D eigenvalue weighted by Gasteiger charge is 2.40. The lowest BCUT2D eigenvalue weighted by Crippen LogP contribution is -2.49. The minimum absolute atomic E-state index is 0.0298. The molecule has 0 aliphatic carbocycles. The predicted molar refractivity (Wildman–Crippen MR) is 111 cm³/mol. The number of anilines is 2. The van der Waals surface area contributed by atoms with Crippen molar-refractivity contribution in [3.63, 3.8) is 0 Å². The molecule has 9 nitrogen and oxygen atoms in total. The first-order valence-corrected chi connectivity index (χ1v) is 9.97. The van der Waals surface area contributed by atoms with Crippen molar-refractivity contribution in [2.45, 2.75) is 38.3 Å². The Balaban J connectivity index is 1.34. The Hall–Kier alpha value is -3.33. The van der Waals surface area contributed by atoms with E-state index in [-0.39, 0.29) is 30.0 Å². The van der Waals surface area contributed by atoms with Gasteiger partial charge in [0.15, 0.2) is 0 Å². The summed E-state index contributed by atoms with van der Waals surface area (Å²) in [5, 5.41) is 14.1. The van der Waals surface area contributed by atoms with Crippen molar-refractivity contribution in [2.75, 3.05) is 22.9 Å². The summed E-state index contributed by atoms with van der Waals surface area (Å²) in [5.41, 5.74) is 1.65. The Labute approximate surface area is 173 Å². The number of aromatic nitrogens is 1. The minimum Gasteiger partial charge on any atom is -0.356 e. The fourth-order valence-electron chi connectivity index (χ4n) is 3.96. The number of benzene rings is 1. The second-order valence-electron chi connectivity index (χ2n) is 7.72. The van der Waals surface area contributed by atoms with E-state index in [0.717, 1.165) is 31.5 Å². The molecule has 3 heterocycles. The van der Waals surface area contributed by atoms with E-state index in [0.29, 0.717) is 11.5 Å². The Morgan fingerprint density at radius 3 is 2.40 bits per heavy atom.